The van der Waals surface area contributed by atoms with Crippen molar-refractivity contribution in [3.8, 4) is 11.5 Å². The molecule has 0 aliphatic carbocycles. The van der Waals surface area contributed by atoms with Gasteiger partial charge in [-0.05, 0) is 63.1 Å². The molecule has 202 valence electrons. The Morgan fingerprint density at radius 1 is 0.947 bits per heavy atom. The van der Waals surface area contributed by atoms with Crippen LogP contribution in [0.4, 0.5) is 14.9 Å². The van der Waals surface area contributed by atoms with E-state index in [1.807, 2.05) is 30.3 Å². The Morgan fingerprint density at radius 3 is 2.50 bits per heavy atom. The summed E-state index contributed by atoms with van der Waals surface area (Å²) in [6, 6.07) is 19.0. The molecule has 3 rings (SSSR count). The van der Waals surface area contributed by atoms with Gasteiger partial charge in [0.15, 0.2) is 5.75 Å². The maximum Gasteiger partial charge on any atom is 0.407 e. The lowest BCUT2D eigenvalue weighted by atomic mass is 10.2. The first-order valence-electron chi connectivity index (χ1n) is 12.4. The smallest absolute Gasteiger partial charge is 0.407 e. The van der Waals surface area contributed by atoms with Crippen molar-refractivity contribution in [3.05, 3.63) is 88.7 Å². The molecule has 0 unspecified atom stereocenters. The summed E-state index contributed by atoms with van der Waals surface area (Å²) in [5.74, 6) is 0.610. The van der Waals surface area contributed by atoms with E-state index in [9.17, 15) is 14.0 Å². The molecule has 3 aromatic rings. The number of halogens is 2. The fourth-order valence-electron chi connectivity index (χ4n) is 3.46. The van der Waals surface area contributed by atoms with Crippen LogP contribution in [0.3, 0.4) is 0 Å². The summed E-state index contributed by atoms with van der Waals surface area (Å²) in [5, 5.41) is 9.26. The molecule has 0 fully saturated rings. The van der Waals surface area contributed by atoms with Crippen LogP contribution in [0.25, 0.3) is 0 Å². The molecule has 0 saturated heterocycles. The molecule has 0 atom stereocenters. The Morgan fingerprint density at radius 2 is 1.74 bits per heavy atom. The number of nitrogens with one attached hydrogen (secondary N) is 3. The Bertz CT molecular complexity index is 1250. The third-order valence-corrected chi connectivity index (χ3v) is 5.47. The largest absolute Gasteiger partial charge is 0.455 e. The minimum atomic E-state index is -0.573. The second-order valence-electron chi connectivity index (χ2n) is 9.64. The van der Waals surface area contributed by atoms with E-state index >= 15 is 0 Å². The first-order valence-corrected chi connectivity index (χ1v) is 12.7. The van der Waals surface area contributed by atoms with Crippen LogP contribution in [0.1, 0.15) is 44.7 Å². The SMILES string of the molecule is CC(C)(C)OC(=O)NCc1cccc(Oc2cc(Cl)ccc2NCCCC(=O)NCc2ccccc2F)c1. The summed E-state index contributed by atoms with van der Waals surface area (Å²) in [6.07, 6.45) is 0.362. The summed E-state index contributed by atoms with van der Waals surface area (Å²) in [6.45, 7) is 6.37. The standard InChI is InChI=1S/C29H33ClFN3O4/c1-29(2,3)38-28(36)34-18-20-8-6-10-23(16-20)37-26-17-22(30)13-14-25(26)32-15-7-12-27(35)33-19-21-9-4-5-11-24(21)31/h4-6,8-11,13-14,16-17,32H,7,12,15,18-19H2,1-3H3,(H,33,35)(H,34,36). The minimum absolute atomic E-state index is 0.153. The Labute approximate surface area is 227 Å². The normalized spacial score (nSPS) is 11.0. The van der Waals surface area contributed by atoms with Gasteiger partial charge in [-0.25, -0.2) is 9.18 Å². The van der Waals surface area contributed by atoms with E-state index in [4.69, 9.17) is 21.1 Å². The maximum absolute atomic E-state index is 13.7. The van der Waals surface area contributed by atoms with Crippen LogP contribution < -0.4 is 20.7 Å². The van der Waals surface area contributed by atoms with Crippen molar-refractivity contribution in [3.63, 3.8) is 0 Å². The number of rotatable bonds is 11. The maximum atomic E-state index is 13.7. The summed E-state index contributed by atoms with van der Waals surface area (Å²) in [5.41, 5.74) is 1.44. The molecule has 0 bridgehead atoms. The first-order chi connectivity index (χ1) is 18.1. The van der Waals surface area contributed by atoms with E-state index in [1.165, 1.54) is 6.07 Å². The van der Waals surface area contributed by atoms with Crippen molar-refractivity contribution < 1.29 is 23.5 Å². The lowest BCUT2D eigenvalue weighted by Gasteiger charge is -2.19. The van der Waals surface area contributed by atoms with E-state index in [1.54, 1.807) is 51.1 Å². The van der Waals surface area contributed by atoms with Crippen LogP contribution in [-0.2, 0) is 22.6 Å². The van der Waals surface area contributed by atoms with Crippen molar-refractivity contribution >= 4 is 29.3 Å². The van der Waals surface area contributed by atoms with Crippen molar-refractivity contribution in [2.75, 3.05) is 11.9 Å². The monoisotopic (exact) mass is 541 g/mol. The van der Waals surface area contributed by atoms with Gasteiger partial charge in [-0.1, -0.05) is 41.9 Å². The number of amides is 2. The van der Waals surface area contributed by atoms with Crippen molar-refractivity contribution in [2.24, 2.45) is 0 Å². The van der Waals surface area contributed by atoms with Gasteiger partial charge in [0.1, 0.15) is 17.2 Å². The third kappa shape index (κ3) is 9.94. The van der Waals surface area contributed by atoms with E-state index in [2.05, 4.69) is 16.0 Å². The molecular formula is C29H33ClFN3O4. The second-order valence-corrected chi connectivity index (χ2v) is 10.1. The molecule has 3 aromatic carbocycles. The molecule has 0 radical (unpaired) electrons. The highest BCUT2D eigenvalue weighted by atomic mass is 35.5. The average Bonchev–Trinajstić information content (AvgIpc) is 2.85. The van der Waals surface area contributed by atoms with Gasteiger partial charge in [-0.15, -0.1) is 0 Å². The van der Waals surface area contributed by atoms with Crippen molar-refractivity contribution in [1.82, 2.24) is 10.6 Å². The quantitative estimate of drug-likeness (QED) is 0.232. The molecule has 0 aromatic heterocycles. The van der Waals surface area contributed by atoms with Gasteiger partial charge in [0.25, 0.3) is 0 Å². The van der Waals surface area contributed by atoms with E-state index in [0.717, 1.165) is 11.3 Å². The van der Waals surface area contributed by atoms with Crippen LogP contribution in [0.5, 0.6) is 11.5 Å². The van der Waals surface area contributed by atoms with Crippen LogP contribution in [0, 0.1) is 5.82 Å². The fourth-order valence-corrected chi connectivity index (χ4v) is 3.62. The molecule has 0 saturated carbocycles. The Hall–Kier alpha value is -3.78. The van der Waals surface area contributed by atoms with Crippen LogP contribution in [-0.4, -0.2) is 24.1 Å². The summed E-state index contributed by atoms with van der Waals surface area (Å²) >= 11 is 6.20. The number of carbonyl (C=O) groups excluding carboxylic acids is 2. The number of ether oxygens (including phenoxy) is 2. The van der Waals surface area contributed by atoms with Crippen LogP contribution in [0.2, 0.25) is 5.02 Å². The molecule has 0 aliphatic heterocycles. The molecule has 0 heterocycles. The topological polar surface area (TPSA) is 88.7 Å². The molecule has 7 nitrogen and oxygen atoms in total. The highest BCUT2D eigenvalue weighted by Crippen LogP contribution is 2.32. The molecule has 0 spiro atoms. The molecule has 3 N–H and O–H groups in total. The number of hydrogen-bond acceptors (Lipinski definition) is 5. The van der Waals surface area contributed by atoms with Gasteiger partial charge >= 0.3 is 6.09 Å². The fraction of sp³-hybridized carbons (Fsp3) is 0.310. The van der Waals surface area contributed by atoms with E-state index in [-0.39, 0.29) is 31.2 Å². The Kier molecular flexibility index (Phi) is 10.4. The number of anilines is 1. The van der Waals surface area contributed by atoms with Gasteiger partial charge < -0.3 is 25.4 Å². The van der Waals surface area contributed by atoms with Gasteiger partial charge in [-0.3, -0.25) is 4.79 Å². The minimum Gasteiger partial charge on any atom is -0.455 e. The number of carbonyl (C=O) groups is 2. The molecule has 9 heteroatoms. The molecular weight excluding hydrogens is 509 g/mol. The van der Waals surface area contributed by atoms with Gasteiger partial charge in [0.05, 0.1) is 5.69 Å². The van der Waals surface area contributed by atoms with Crippen molar-refractivity contribution in [2.45, 2.75) is 52.3 Å². The van der Waals surface area contributed by atoms with Gasteiger partial charge in [0, 0.05) is 42.7 Å². The zero-order valence-corrected chi connectivity index (χ0v) is 22.5. The lowest BCUT2D eigenvalue weighted by molar-refractivity contribution is -0.121. The summed E-state index contributed by atoms with van der Waals surface area (Å²) in [4.78, 5) is 24.1. The van der Waals surface area contributed by atoms with Crippen LogP contribution in [0.15, 0.2) is 66.7 Å². The molecule has 38 heavy (non-hydrogen) atoms. The zero-order chi connectivity index (χ0) is 27.5. The third-order valence-electron chi connectivity index (χ3n) is 5.24. The average molecular weight is 542 g/mol. The predicted molar refractivity (Wildman–Crippen MR) is 147 cm³/mol. The Balaban J connectivity index is 1.50. The first kappa shape index (κ1) is 28.8. The second kappa shape index (κ2) is 13.7. The lowest BCUT2D eigenvalue weighted by Crippen LogP contribution is -2.32. The van der Waals surface area contributed by atoms with Gasteiger partial charge in [-0.2, -0.15) is 0 Å². The number of alkyl carbamates (subject to hydrolysis) is 1. The summed E-state index contributed by atoms with van der Waals surface area (Å²) < 4.78 is 25.1. The highest BCUT2D eigenvalue weighted by Gasteiger charge is 2.16. The molecule has 0 aliphatic rings. The van der Waals surface area contributed by atoms with Crippen LogP contribution >= 0.6 is 11.6 Å². The van der Waals surface area contributed by atoms with Crippen molar-refractivity contribution in [1.29, 1.82) is 0 Å². The highest BCUT2D eigenvalue weighted by molar-refractivity contribution is 6.30. The van der Waals surface area contributed by atoms with E-state index in [0.29, 0.717) is 35.1 Å². The number of hydrogen-bond donors (Lipinski definition) is 3. The summed E-state index contributed by atoms with van der Waals surface area (Å²) in [7, 11) is 0. The molecule has 2 amide bonds. The van der Waals surface area contributed by atoms with E-state index < -0.39 is 11.7 Å². The van der Waals surface area contributed by atoms with Gasteiger partial charge in [0.2, 0.25) is 5.91 Å². The zero-order valence-electron chi connectivity index (χ0n) is 21.8. The number of benzene rings is 3. The predicted octanol–water partition coefficient (Wildman–Crippen LogP) is 6.80.